The Labute approximate surface area is 128 Å². The van der Waals surface area contributed by atoms with E-state index >= 15 is 0 Å². The van der Waals surface area contributed by atoms with Gasteiger partial charge in [-0.05, 0) is 18.2 Å². The zero-order valence-corrected chi connectivity index (χ0v) is 12.2. The van der Waals surface area contributed by atoms with Crippen molar-refractivity contribution in [3.63, 3.8) is 0 Å². The summed E-state index contributed by atoms with van der Waals surface area (Å²) in [5, 5.41) is 0. The monoisotopic (exact) mass is 303 g/mol. The second-order valence-electron chi connectivity index (χ2n) is 5.16. The quantitative estimate of drug-likeness (QED) is 0.940. The van der Waals surface area contributed by atoms with Gasteiger partial charge in [0, 0.05) is 31.3 Å². The van der Waals surface area contributed by atoms with Crippen LogP contribution < -0.4 is 10.5 Å². The summed E-state index contributed by atoms with van der Waals surface area (Å²) >= 11 is 0. The predicted molar refractivity (Wildman–Crippen MR) is 81.2 cm³/mol. The number of rotatable bonds is 4. The molecule has 0 unspecified atom stereocenters. The topological polar surface area (TPSA) is 60.6 Å². The molecule has 2 heterocycles. The summed E-state index contributed by atoms with van der Waals surface area (Å²) in [6.07, 6.45) is 1.51. The van der Waals surface area contributed by atoms with E-state index in [1.54, 1.807) is 24.3 Å². The van der Waals surface area contributed by atoms with Crippen LogP contribution >= 0.6 is 0 Å². The van der Waals surface area contributed by atoms with Crippen molar-refractivity contribution in [3.8, 4) is 11.5 Å². The van der Waals surface area contributed by atoms with Crippen LogP contribution in [0.1, 0.15) is 5.56 Å². The Hall–Kier alpha value is -2.18. The smallest absolute Gasteiger partial charge is 0.145 e. The molecular formula is C16H18FN3O2. The van der Waals surface area contributed by atoms with Crippen LogP contribution in [0.3, 0.4) is 0 Å². The van der Waals surface area contributed by atoms with E-state index in [9.17, 15) is 4.39 Å². The first kappa shape index (κ1) is 14.7. The van der Waals surface area contributed by atoms with E-state index in [1.165, 1.54) is 12.3 Å². The minimum absolute atomic E-state index is 0.271. The number of nitrogens with zero attached hydrogens (tertiary/aromatic N) is 2. The number of morpholine rings is 1. The second kappa shape index (κ2) is 6.72. The van der Waals surface area contributed by atoms with Crippen molar-refractivity contribution in [1.82, 2.24) is 9.88 Å². The van der Waals surface area contributed by atoms with Gasteiger partial charge < -0.3 is 15.2 Å². The number of anilines is 1. The van der Waals surface area contributed by atoms with E-state index in [0.717, 1.165) is 13.1 Å². The molecule has 0 atom stereocenters. The SMILES string of the molecule is Nc1ccc(Oc2ccc(CN3CCOCC3)c(F)c2)cn1. The van der Waals surface area contributed by atoms with Crippen LogP contribution in [0.4, 0.5) is 10.2 Å². The van der Waals surface area contributed by atoms with E-state index in [4.69, 9.17) is 15.2 Å². The fourth-order valence-corrected chi connectivity index (χ4v) is 2.31. The van der Waals surface area contributed by atoms with Gasteiger partial charge in [0.15, 0.2) is 0 Å². The summed E-state index contributed by atoms with van der Waals surface area (Å²) in [4.78, 5) is 6.11. The molecule has 0 aliphatic carbocycles. The summed E-state index contributed by atoms with van der Waals surface area (Å²) in [5.74, 6) is 1.11. The van der Waals surface area contributed by atoms with Crippen molar-refractivity contribution >= 4 is 5.82 Å². The van der Waals surface area contributed by atoms with Gasteiger partial charge >= 0.3 is 0 Å². The van der Waals surface area contributed by atoms with Gasteiger partial charge in [-0.3, -0.25) is 4.90 Å². The third-order valence-corrected chi connectivity index (χ3v) is 3.52. The molecule has 1 aromatic heterocycles. The average Bonchev–Trinajstić information content (AvgIpc) is 2.53. The number of nitrogens with two attached hydrogens (primary N) is 1. The Balaban J connectivity index is 1.67. The third kappa shape index (κ3) is 3.72. The van der Waals surface area contributed by atoms with Crippen molar-refractivity contribution in [2.45, 2.75) is 6.54 Å². The predicted octanol–water partition coefficient (Wildman–Crippen LogP) is 2.43. The van der Waals surface area contributed by atoms with Gasteiger partial charge in [-0.25, -0.2) is 9.37 Å². The molecule has 0 amide bonds. The molecule has 6 heteroatoms. The van der Waals surface area contributed by atoms with Crippen LogP contribution in [0.5, 0.6) is 11.5 Å². The molecule has 1 aliphatic heterocycles. The molecule has 2 aromatic rings. The fourth-order valence-electron chi connectivity index (χ4n) is 2.31. The molecule has 1 aliphatic rings. The highest BCUT2D eigenvalue weighted by Crippen LogP contribution is 2.24. The van der Waals surface area contributed by atoms with Crippen LogP contribution in [0.25, 0.3) is 0 Å². The molecule has 3 rings (SSSR count). The highest BCUT2D eigenvalue weighted by Gasteiger charge is 2.13. The number of hydrogen-bond acceptors (Lipinski definition) is 5. The van der Waals surface area contributed by atoms with E-state index in [2.05, 4.69) is 9.88 Å². The number of aromatic nitrogens is 1. The highest BCUT2D eigenvalue weighted by atomic mass is 19.1. The molecule has 2 N–H and O–H groups in total. The number of nitrogen functional groups attached to an aromatic ring is 1. The van der Waals surface area contributed by atoms with Crippen molar-refractivity contribution in [1.29, 1.82) is 0 Å². The highest BCUT2D eigenvalue weighted by molar-refractivity contribution is 5.36. The number of benzene rings is 1. The van der Waals surface area contributed by atoms with Crippen LogP contribution in [0.15, 0.2) is 36.5 Å². The van der Waals surface area contributed by atoms with Crippen molar-refractivity contribution in [2.24, 2.45) is 0 Å². The normalized spacial score (nSPS) is 15.7. The summed E-state index contributed by atoms with van der Waals surface area (Å²) in [5.41, 5.74) is 6.17. The largest absolute Gasteiger partial charge is 0.456 e. The van der Waals surface area contributed by atoms with Crippen molar-refractivity contribution in [3.05, 3.63) is 47.9 Å². The van der Waals surface area contributed by atoms with Gasteiger partial charge in [0.05, 0.1) is 19.4 Å². The van der Waals surface area contributed by atoms with E-state index < -0.39 is 0 Å². The number of ether oxygens (including phenoxy) is 2. The summed E-state index contributed by atoms with van der Waals surface area (Å²) < 4.78 is 25.1. The van der Waals surface area contributed by atoms with E-state index in [0.29, 0.717) is 42.6 Å². The molecule has 0 saturated carbocycles. The summed E-state index contributed by atoms with van der Waals surface area (Å²) in [6.45, 7) is 3.64. The lowest BCUT2D eigenvalue weighted by atomic mass is 10.2. The van der Waals surface area contributed by atoms with Gasteiger partial charge in [-0.1, -0.05) is 6.07 Å². The summed E-state index contributed by atoms with van der Waals surface area (Å²) in [6, 6.07) is 8.24. The Morgan fingerprint density at radius 1 is 1.18 bits per heavy atom. The molecule has 5 nitrogen and oxygen atoms in total. The van der Waals surface area contributed by atoms with Gasteiger partial charge in [0.1, 0.15) is 23.1 Å². The van der Waals surface area contributed by atoms with Crippen molar-refractivity contribution in [2.75, 3.05) is 32.0 Å². The van der Waals surface area contributed by atoms with Crippen LogP contribution in [-0.4, -0.2) is 36.2 Å². The average molecular weight is 303 g/mol. The maximum absolute atomic E-state index is 14.2. The maximum atomic E-state index is 14.2. The first-order chi connectivity index (χ1) is 10.7. The number of halogens is 1. The third-order valence-electron chi connectivity index (χ3n) is 3.52. The Kier molecular flexibility index (Phi) is 4.50. The van der Waals surface area contributed by atoms with Crippen LogP contribution in [-0.2, 0) is 11.3 Å². The molecule has 0 bridgehead atoms. The Morgan fingerprint density at radius 3 is 2.64 bits per heavy atom. The molecule has 1 fully saturated rings. The van der Waals surface area contributed by atoms with E-state index in [-0.39, 0.29) is 5.82 Å². The minimum atomic E-state index is -0.271. The number of pyridine rings is 1. The molecule has 1 saturated heterocycles. The molecule has 1 aromatic carbocycles. The first-order valence-corrected chi connectivity index (χ1v) is 7.18. The zero-order chi connectivity index (χ0) is 15.4. The van der Waals surface area contributed by atoms with Crippen molar-refractivity contribution < 1.29 is 13.9 Å². The zero-order valence-electron chi connectivity index (χ0n) is 12.2. The van der Waals surface area contributed by atoms with Gasteiger partial charge in [-0.2, -0.15) is 0 Å². The molecular weight excluding hydrogens is 285 g/mol. The van der Waals surface area contributed by atoms with Crippen LogP contribution in [0.2, 0.25) is 0 Å². The Morgan fingerprint density at radius 2 is 1.95 bits per heavy atom. The number of hydrogen-bond donors (Lipinski definition) is 1. The minimum Gasteiger partial charge on any atom is -0.456 e. The van der Waals surface area contributed by atoms with Gasteiger partial charge in [-0.15, -0.1) is 0 Å². The lowest BCUT2D eigenvalue weighted by Crippen LogP contribution is -2.35. The molecule has 0 radical (unpaired) electrons. The lowest BCUT2D eigenvalue weighted by Gasteiger charge is -2.26. The van der Waals surface area contributed by atoms with Gasteiger partial charge in [0.25, 0.3) is 0 Å². The van der Waals surface area contributed by atoms with Crippen LogP contribution in [0, 0.1) is 5.82 Å². The van der Waals surface area contributed by atoms with Gasteiger partial charge in [0.2, 0.25) is 0 Å². The second-order valence-corrected chi connectivity index (χ2v) is 5.16. The summed E-state index contributed by atoms with van der Waals surface area (Å²) in [7, 11) is 0. The van der Waals surface area contributed by atoms with E-state index in [1.807, 2.05) is 0 Å². The Bertz CT molecular complexity index is 628. The molecule has 116 valence electrons. The molecule has 22 heavy (non-hydrogen) atoms. The standard InChI is InChI=1S/C16H18FN3O2/c17-15-9-13(22-14-3-4-16(18)19-10-14)2-1-12(15)11-20-5-7-21-8-6-20/h1-4,9-10H,5-8,11H2,(H2,18,19). The molecule has 0 spiro atoms. The first-order valence-electron chi connectivity index (χ1n) is 7.18. The lowest BCUT2D eigenvalue weighted by molar-refractivity contribution is 0.0337. The maximum Gasteiger partial charge on any atom is 0.145 e. The fraction of sp³-hybridized carbons (Fsp3) is 0.312.